The molecule has 0 heterocycles. The maximum Gasteiger partial charge on any atom is 0.268 e. The summed E-state index contributed by atoms with van der Waals surface area (Å²) in [5.41, 5.74) is 2.49. The Labute approximate surface area is 184 Å². The van der Waals surface area contributed by atoms with Crippen molar-refractivity contribution in [3.8, 4) is 5.75 Å². The molecule has 0 saturated heterocycles. The molecule has 3 aromatic carbocycles. The minimum Gasteiger partial charge on any atom is -0.497 e. The predicted octanol–water partition coefficient (Wildman–Crippen LogP) is 4.88. The quantitative estimate of drug-likeness (QED) is 0.518. The summed E-state index contributed by atoms with van der Waals surface area (Å²) in [6, 6.07) is 23.3. The number of ether oxygens (including phenoxy) is 1. The lowest BCUT2D eigenvalue weighted by molar-refractivity contribution is 0.266. The van der Waals surface area contributed by atoms with Crippen molar-refractivity contribution in [2.45, 2.75) is 24.2 Å². The van der Waals surface area contributed by atoms with Crippen molar-refractivity contribution in [3.05, 3.63) is 102 Å². The first-order chi connectivity index (χ1) is 15.0. The first-order valence-corrected chi connectivity index (χ1v) is 11.5. The third-order valence-electron chi connectivity index (χ3n) is 5.06. The molecule has 0 saturated carbocycles. The Bertz CT molecular complexity index is 1090. The molecule has 0 bridgehead atoms. The van der Waals surface area contributed by atoms with E-state index in [2.05, 4.69) is 0 Å². The van der Waals surface area contributed by atoms with Gasteiger partial charge in [0.25, 0.3) is 10.0 Å². The van der Waals surface area contributed by atoms with Crippen LogP contribution < -0.4 is 9.04 Å². The summed E-state index contributed by atoms with van der Waals surface area (Å²) >= 11 is 0. The number of sulfonamides is 1. The van der Waals surface area contributed by atoms with Gasteiger partial charge in [-0.25, -0.2) is 12.7 Å². The molecule has 5 nitrogen and oxygen atoms in total. The summed E-state index contributed by atoms with van der Waals surface area (Å²) in [6.45, 7) is 1.89. The van der Waals surface area contributed by atoms with E-state index in [1.807, 2.05) is 37.3 Å². The van der Waals surface area contributed by atoms with Crippen LogP contribution >= 0.6 is 0 Å². The number of hydrogen-bond acceptors (Lipinski definition) is 4. The van der Waals surface area contributed by atoms with E-state index in [0.717, 1.165) is 11.1 Å². The standard InChI is InChI=1S/C25H27NO4S/c1-20-10-16-25(17-11-20)31(28,29)26(23-12-14-24(30-2)15-13-23)18-6-9-22(19-27)21-7-4-3-5-8-21/h3-8,10-18,22,27H,9,19H2,1-2H3/b18-6+. The normalized spacial score (nSPS) is 12.6. The molecule has 0 fully saturated rings. The van der Waals surface area contributed by atoms with Gasteiger partial charge in [0.1, 0.15) is 5.75 Å². The van der Waals surface area contributed by atoms with Crippen LogP contribution in [0.1, 0.15) is 23.5 Å². The Balaban J connectivity index is 1.93. The second kappa shape index (κ2) is 10.3. The van der Waals surface area contributed by atoms with Gasteiger partial charge < -0.3 is 9.84 Å². The van der Waals surface area contributed by atoms with Crippen molar-refractivity contribution in [1.82, 2.24) is 0 Å². The number of allylic oxidation sites excluding steroid dienone is 1. The molecule has 0 aliphatic rings. The molecule has 162 valence electrons. The van der Waals surface area contributed by atoms with Gasteiger partial charge in [0.2, 0.25) is 0 Å². The Morgan fingerprint density at radius 1 is 0.968 bits per heavy atom. The molecule has 31 heavy (non-hydrogen) atoms. The van der Waals surface area contributed by atoms with Crippen LogP contribution in [0.4, 0.5) is 5.69 Å². The summed E-state index contributed by atoms with van der Waals surface area (Å²) in [5, 5.41) is 9.80. The summed E-state index contributed by atoms with van der Waals surface area (Å²) in [5.74, 6) is 0.530. The molecule has 0 aliphatic carbocycles. The first kappa shape index (κ1) is 22.6. The summed E-state index contributed by atoms with van der Waals surface area (Å²) in [4.78, 5) is 0.209. The lowest BCUT2D eigenvalue weighted by Crippen LogP contribution is -2.25. The van der Waals surface area contributed by atoms with Crippen molar-refractivity contribution in [2.24, 2.45) is 0 Å². The zero-order valence-electron chi connectivity index (χ0n) is 17.7. The smallest absolute Gasteiger partial charge is 0.268 e. The molecule has 6 heteroatoms. The topological polar surface area (TPSA) is 66.8 Å². The zero-order valence-corrected chi connectivity index (χ0v) is 18.5. The van der Waals surface area contributed by atoms with E-state index in [1.54, 1.807) is 67.9 Å². The molecule has 0 aliphatic heterocycles. The molecule has 0 radical (unpaired) electrons. The molecule has 0 aromatic heterocycles. The van der Waals surface area contributed by atoms with Crippen LogP contribution in [0.25, 0.3) is 0 Å². The Morgan fingerprint density at radius 3 is 2.19 bits per heavy atom. The highest BCUT2D eigenvalue weighted by Crippen LogP contribution is 2.27. The van der Waals surface area contributed by atoms with E-state index in [4.69, 9.17) is 4.74 Å². The van der Waals surface area contributed by atoms with Crippen molar-refractivity contribution < 1.29 is 18.3 Å². The first-order valence-electron chi connectivity index (χ1n) is 10.0. The SMILES string of the molecule is COc1ccc(N(/C=C/CC(CO)c2ccccc2)S(=O)(=O)c2ccc(C)cc2)cc1. The maximum atomic E-state index is 13.4. The number of nitrogens with zero attached hydrogens (tertiary/aromatic N) is 1. The maximum absolute atomic E-state index is 13.4. The highest BCUT2D eigenvalue weighted by Gasteiger charge is 2.23. The number of aliphatic hydroxyl groups excluding tert-OH is 1. The average molecular weight is 438 g/mol. The summed E-state index contributed by atoms with van der Waals surface area (Å²) < 4.78 is 33.3. The van der Waals surface area contributed by atoms with Crippen molar-refractivity contribution in [2.75, 3.05) is 18.0 Å². The largest absolute Gasteiger partial charge is 0.497 e. The Morgan fingerprint density at radius 2 is 1.61 bits per heavy atom. The van der Waals surface area contributed by atoms with E-state index in [0.29, 0.717) is 17.9 Å². The van der Waals surface area contributed by atoms with Gasteiger partial charge in [0.15, 0.2) is 0 Å². The van der Waals surface area contributed by atoms with Crippen LogP contribution in [0.15, 0.2) is 96.0 Å². The van der Waals surface area contributed by atoms with Gasteiger partial charge in [-0.15, -0.1) is 0 Å². The second-order valence-corrected chi connectivity index (χ2v) is 9.04. The number of aliphatic hydroxyl groups is 1. The number of benzene rings is 3. The van der Waals surface area contributed by atoms with Crippen LogP contribution in [0.2, 0.25) is 0 Å². The van der Waals surface area contributed by atoms with E-state index in [-0.39, 0.29) is 17.4 Å². The summed E-state index contributed by atoms with van der Waals surface area (Å²) in [7, 11) is -2.25. The Hall–Kier alpha value is -3.09. The molecule has 0 spiro atoms. The molecular weight excluding hydrogens is 410 g/mol. The van der Waals surface area contributed by atoms with E-state index in [1.165, 1.54) is 4.31 Å². The molecule has 3 aromatic rings. The number of methoxy groups -OCH3 is 1. The fraction of sp³-hybridized carbons (Fsp3) is 0.200. The molecule has 1 atom stereocenters. The lowest BCUT2D eigenvalue weighted by Gasteiger charge is -2.21. The van der Waals surface area contributed by atoms with Gasteiger partial charge in [-0.3, -0.25) is 0 Å². The van der Waals surface area contributed by atoms with Gasteiger partial charge >= 0.3 is 0 Å². The fourth-order valence-electron chi connectivity index (χ4n) is 3.22. The molecule has 0 amide bonds. The number of aryl methyl sites for hydroxylation is 1. The zero-order chi connectivity index (χ0) is 22.3. The van der Waals surface area contributed by atoms with E-state index < -0.39 is 10.0 Å². The monoisotopic (exact) mass is 437 g/mol. The minimum atomic E-state index is -3.82. The fourth-order valence-corrected chi connectivity index (χ4v) is 4.57. The number of hydrogen-bond donors (Lipinski definition) is 1. The lowest BCUT2D eigenvalue weighted by atomic mass is 9.97. The van der Waals surface area contributed by atoms with Crippen LogP contribution in [-0.2, 0) is 10.0 Å². The number of rotatable bonds is 9. The molecular formula is C25H27NO4S. The average Bonchev–Trinajstić information content (AvgIpc) is 2.80. The van der Waals surface area contributed by atoms with E-state index >= 15 is 0 Å². The van der Waals surface area contributed by atoms with Gasteiger partial charge in [0.05, 0.1) is 24.3 Å². The van der Waals surface area contributed by atoms with Crippen LogP contribution in [0.3, 0.4) is 0 Å². The summed E-state index contributed by atoms with van der Waals surface area (Å²) in [6.07, 6.45) is 3.84. The van der Waals surface area contributed by atoms with Crippen molar-refractivity contribution in [1.29, 1.82) is 0 Å². The molecule has 1 unspecified atom stereocenters. The highest BCUT2D eigenvalue weighted by atomic mass is 32.2. The van der Waals surface area contributed by atoms with Crippen molar-refractivity contribution >= 4 is 15.7 Å². The van der Waals surface area contributed by atoms with Gasteiger partial charge in [0, 0.05) is 12.1 Å². The van der Waals surface area contributed by atoms with Gasteiger partial charge in [-0.05, 0) is 55.3 Å². The third kappa shape index (κ3) is 5.54. The van der Waals surface area contributed by atoms with Gasteiger partial charge in [-0.2, -0.15) is 0 Å². The van der Waals surface area contributed by atoms with E-state index in [9.17, 15) is 13.5 Å². The second-order valence-electron chi connectivity index (χ2n) is 7.22. The van der Waals surface area contributed by atoms with Crippen LogP contribution in [0.5, 0.6) is 5.75 Å². The predicted molar refractivity (Wildman–Crippen MR) is 124 cm³/mol. The van der Waals surface area contributed by atoms with Crippen LogP contribution in [0, 0.1) is 6.92 Å². The highest BCUT2D eigenvalue weighted by molar-refractivity contribution is 7.93. The number of anilines is 1. The molecule has 3 rings (SSSR count). The minimum absolute atomic E-state index is 0.0262. The third-order valence-corrected chi connectivity index (χ3v) is 6.78. The molecule has 1 N–H and O–H groups in total. The van der Waals surface area contributed by atoms with Gasteiger partial charge in [-0.1, -0.05) is 54.1 Å². The van der Waals surface area contributed by atoms with Crippen molar-refractivity contribution in [3.63, 3.8) is 0 Å². The van der Waals surface area contributed by atoms with Crippen LogP contribution in [-0.4, -0.2) is 27.2 Å². The Kier molecular flexibility index (Phi) is 7.50.